The Kier molecular flexibility index (Phi) is 5.09. The molecule has 0 bridgehead atoms. The maximum absolute atomic E-state index is 5.30. The van der Waals surface area contributed by atoms with Crippen LogP contribution in [-0.4, -0.2) is 17.0 Å². The van der Waals surface area contributed by atoms with Crippen molar-refractivity contribution in [3.63, 3.8) is 0 Å². The molecule has 1 aliphatic heterocycles. The highest BCUT2D eigenvalue weighted by atomic mass is 15.5. The van der Waals surface area contributed by atoms with E-state index in [0.29, 0.717) is 5.92 Å². The van der Waals surface area contributed by atoms with Crippen molar-refractivity contribution < 1.29 is 0 Å². The van der Waals surface area contributed by atoms with Crippen molar-refractivity contribution >= 4 is 22.8 Å². The molecule has 3 aliphatic rings. The number of fused-ring (bicyclic) bond motifs is 1. The van der Waals surface area contributed by atoms with Gasteiger partial charge in [0.25, 0.3) is 0 Å². The lowest BCUT2D eigenvalue weighted by atomic mass is 9.69. The van der Waals surface area contributed by atoms with Crippen LogP contribution in [0.1, 0.15) is 57.8 Å². The molecular weight excluding hydrogens is 356 g/mol. The van der Waals surface area contributed by atoms with Crippen LogP contribution in [0.2, 0.25) is 0 Å². The van der Waals surface area contributed by atoms with Crippen LogP contribution in [0.15, 0.2) is 70.9 Å². The van der Waals surface area contributed by atoms with Crippen LogP contribution in [0, 0.1) is 5.92 Å². The zero-order valence-corrected chi connectivity index (χ0v) is 17.1. The first kappa shape index (κ1) is 18.4. The van der Waals surface area contributed by atoms with Gasteiger partial charge in [-0.2, -0.15) is 10.2 Å². The second kappa shape index (κ2) is 8.02. The smallest absolute Gasteiger partial charge is 0.104 e. The van der Waals surface area contributed by atoms with Gasteiger partial charge in [-0.3, -0.25) is 10.4 Å². The standard InChI is InChI=1S/C25H30N4/c1-3-12-21(13-4-1)26-27-24-17-9-10-18-25(24)19-20-11-7-8-16-23(20)28-29(25)22-14-5-2-6-15-22/h1-6,12-15,20,26H,7-11,16-19H2/b27-24+/t20-,25+/m0/s1. The quantitative estimate of drug-likeness (QED) is 0.636. The second-order valence-corrected chi connectivity index (χ2v) is 8.66. The Hall–Kier alpha value is -2.62. The van der Waals surface area contributed by atoms with E-state index in [1.165, 1.54) is 49.2 Å². The summed E-state index contributed by atoms with van der Waals surface area (Å²) in [7, 11) is 0. The third-order valence-electron chi connectivity index (χ3n) is 6.81. The average Bonchev–Trinajstić information content (AvgIpc) is 2.79. The first-order valence-corrected chi connectivity index (χ1v) is 11.2. The van der Waals surface area contributed by atoms with Crippen LogP contribution in [0.3, 0.4) is 0 Å². The molecule has 0 radical (unpaired) electrons. The van der Waals surface area contributed by atoms with Crippen molar-refractivity contribution in [1.29, 1.82) is 0 Å². The maximum Gasteiger partial charge on any atom is 0.104 e. The van der Waals surface area contributed by atoms with Gasteiger partial charge in [0.05, 0.1) is 17.1 Å². The SMILES string of the molecule is c1ccc(N/N=C2\CCCC[C@@]23C[C@@H]2CCCCC2=NN3c2ccccc2)cc1. The number of rotatable bonds is 3. The summed E-state index contributed by atoms with van der Waals surface area (Å²) in [4.78, 5) is 0. The van der Waals surface area contributed by atoms with Gasteiger partial charge >= 0.3 is 0 Å². The Morgan fingerprint density at radius 2 is 1.66 bits per heavy atom. The van der Waals surface area contributed by atoms with E-state index in [-0.39, 0.29) is 5.54 Å². The summed E-state index contributed by atoms with van der Waals surface area (Å²) in [5, 5.41) is 12.6. The minimum atomic E-state index is -0.104. The average molecular weight is 387 g/mol. The van der Waals surface area contributed by atoms with E-state index < -0.39 is 0 Å². The van der Waals surface area contributed by atoms with Gasteiger partial charge in [0, 0.05) is 11.6 Å². The fourth-order valence-corrected chi connectivity index (χ4v) is 5.35. The molecule has 0 amide bonds. The third kappa shape index (κ3) is 3.57. The fraction of sp³-hybridized carbons (Fsp3) is 0.440. The molecule has 5 rings (SSSR count). The lowest BCUT2D eigenvalue weighted by Gasteiger charge is -2.51. The fourth-order valence-electron chi connectivity index (χ4n) is 5.35. The number of anilines is 2. The molecule has 2 aliphatic carbocycles. The molecular formula is C25H30N4. The first-order chi connectivity index (χ1) is 14.4. The summed E-state index contributed by atoms with van der Waals surface area (Å²) in [5.41, 5.74) is 8.15. The van der Waals surface area contributed by atoms with Gasteiger partial charge < -0.3 is 0 Å². The summed E-state index contributed by atoms with van der Waals surface area (Å²) < 4.78 is 0. The summed E-state index contributed by atoms with van der Waals surface area (Å²) in [5.74, 6) is 0.615. The molecule has 2 atom stereocenters. The topological polar surface area (TPSA) is 40.0 Å². The Labute approximate surface area is 173 Å². The monoisotopic (exact) mass is 386 g/mol. The molecule has 0 unspecified atom stereocenters. The highest BCUT2D eigenvalue weighted by molar-refractivity contribution is 6.01. The summed E-state index contributed by atoms with van der Waals surface area (Å²) >= 11 is 0. The predicted molar refractivity (Wildman–Crippen MR) is 122 cm³/mol. The lowest BCUT2D eigenvalue weighted by Crippen LogP contribution is -2.59. The van der Waals surface area contributed by atoms with Crippen LogP contribution in [0.25, 0.3) is 0 Å². The van der Waals surface area contributed by atoms with E-state index in [1.54, 1.807) is 0 Å². The van der Waals surface area contributed by atoms with Gasteiger partial charge in [0.15, 0.2) is 0 Å². The largest absolute Gasteiger partial charge is 0.278 e. The van der Waals surface area contributed by atoms with Crippen LogP contribution < -0.4 is 10.4 Å². The van der Waals surface area contributed by atoms with Crippen molar-refractivity contribution in [1.82, 2.24) is 0 Å². The van der Waals surface area contributed by atoms with Crippen LogP contribution >= 0.6 is 0 Å². The number of para-hydroxylation sites is 2. The van der Waals surface area contributed by atoms with E-state index in [1.807, 2.05) is 6.07 Å². The molecule has 150 valence electrons. The minimum absolute atomic E-state index is 0.104. The second-order valence-electron chi connectivity index (χ2n) is 8.66. The van der Waals surface area contributed by atoms with Gasteiger partial charge in [-0.25, -0.2) is 0 Å². The number of hydrazone groups is 2. The molecule has 2 saturated carbocycles. The zero-order valence-electron chi connectivity index (χ0n) is 17.1. The number of hydrogen-bond donors (Lipinski definition) is 1. The predicted octanol–water partition coefficient (Wildman–Crippen LogP) is 6.22. The van der Waals surface area contributed by atoms with E-state index in [2.05, 4.69) is 65.0 Å². The summed E-state index contributed by atoms with van der Waals surface area (Å²) in [6.45, 7) is 0. The number of benzene rings is 2. The van der Waals surface area contributed by atoms with Crippen molar-refractivity contribution in [2.45, 2.75) is 63.3 Å². The van der Waals surface area contributed by atoms with Gasteiger partial charge in [-0.05, 0) is 69.2 Å². The zero-order chi connectivity index (χ0) is 19.5. The van der Waals surface area contributed by atoms with Gasteiger partial charge in [-0.15, -0.1) is 0 Å². The van der Waals surface area contributed by atoms with Crippen LogP contribution in [0.5, 0.6) is 0 Å². The number of nitrogens with zero attached hydrogens (tertiary/aromatic N) is 3. The van der Waals surface area contributed by atoms with Crippen molar-refractivity contribution in [3.05, 3.63) is 60.7 Å². The highest BCUT2D eigenvalue weighted by Crippen LogP contribution is 2.45. The minimum Gasteiger partial charge on any atom is -0.278 e. The molecule has 29 heavy (non-hydrogen) atoms. The molecule has 1 spiro atoms. The van der Waals surface area contributed by atoms with Crippen LogP contribution in [-0.2, 0) is 0 Å². The van der Waals surface area contributed by atoms with Gasteiger partial charge in [0.2, 0.25) is 0 Å². The third-order valence-corrected chi connectivity index (χ3v) is 6.81. The van der Waals surface area contributed by atoms with Crippen molar-refractivity contribution in [2.75, 3.05) is 10.4 Å². The molecule has 4 nitrogen and oxygen atoms in total. The Balaban J connectivity index is 1.56. The lowest BCUT2D eigenvalue weighted by molar-refractivity contribution is 0.323. The van der Waals surface area contributed by atoms with Crippen LogP contribution in [0.4, 0.5) is 11.4 Å². The van der Waals surface area contributed by atoms with Gasteiger partial charge in [0.1, 0.15) is 5.54 Å². The Morgan fingerprint density at radius 3 is 2.48 bits per heavy atom. The van der Waals surface area contributed by atoms with E-state index >= 15 is 0 Å². The van der Waals surface area contributed by atoms with Gasteiger partial charge in [-0.1, -0.05) is 49.2 Å². The molecule has 1 heterocycles. The molecule has 2 aromatic carbocycles. The number of hydrogen-bond acceptors (Lipinski definition) is 4. The molecule has 4 heteroatoms. The maximum atomic E-state index is 5.30. The van der Waals surface area contributed by atoms with Crippen molar-refractivity contribution in [2.24, 2.45) is 16.1 Å². The summed E-state index contributed by atoms with van der Waals surface area (Å²) in [6.07, 6.45) is 10.8. The Bertz CT molecular complexity index is 890. The van der Waals surface area contributed by atoms with E-state index in [4.69, 9.17) is 10.2 Å². The number of nitrogens with one attached hydrogen (secondary N) is 1. The normalized spacial score (nSPS) is 28.1. The van der Waals surface area contributed by atoms with E-state index in [0.717, 1.165) is 31.4 Å². The highest BCUT2D eigenvalue weighted by Gasteiger charge is 2.49. The summed E-state index contributed by atoms with van der Waals surface area (Å²) in [6, 6.07) is 21.0. The molecule has 0 aromatic heterocycles. The molecule has 2 fully saturated rings. The van der Waals surface area contributed by atoms with E-state index in [9.17, 15) is 0 Å². The molecule has 1 N–H and O–H groups in total. The molecule has 0 saturated heterocycles. The molecule has 2 aromatic rings. The van der Waals surface area contributed by atoms with Crippen molar-refractivity contribution in [3.8, 4) is 0 Å². The Morgan fingerprint density at radius 1 is 0.897 bits per heavy atom. The first-order valence-electron chi connectivity index (χ1n) is 11.2.